The molecule has 0 amide bonds. The number of halogens is 3. The average Bonchev–Trinajstić information content (AvgIpc) is 3.17. The fraction of sp³-hybridized carbons (Fsp3) is 0.176. The van der Waals surface area contributed by atoms with Gasteiger partial charge in [0.1, 0.15) is 0 Å². The van der Waals surface area contributed by atoms with Gasteiger partial charge in [0, 0.05) is 0 Å². The first kappa shape index (κ1) is 15.3. The molecule has 2 aromatic rings. The summed E-state index contributed by atoms with van der Waals surface area (Å²) in [5.74, 6) is -0.491. The molecule has 6 heteroatoms. The van der Waals surface area contributed by atoms with E-state index in [0.717, 1.165) is 16.3 Å². The smallest absolute Gasteiger partial charge is 0.272 e. The van der Waals surface area contributed by atoms with E-state index < -0.39 is 17.8 Å². The Morgan fingerprint density at radius 2 is 1.96 bits per heavy atom. The van der Waals surface area contributed by atoms with Gasteiger partial charge in [0.25, 0.3) is 5.91 Å². The lowest BCUT2D eigenvalue weighted by Gasteiger charge is -2.07. The van der Waals surface area contributed by atoms with Crippen molar-refractivity contribution in [3.05, 3.63) is 71.6 Å². The Hall–Kier alpha value is -2.63. The summed E-state index contributed by atoms with van der Waals surface area (Å²) in [7, 11) is 0. The molecule has 0 aliphatic heterocycles. The van der Waals surface area contributed by atoms with Gasteiger partial charge in [-0.3, -0.25) is 4.79 Å². The fourth-order valence-electron chi connectivity index (χ4n) is 2.42. The molecule has 1 heterocycles. The second-order valence-electron chi connectivity index (χ2n) is 5.20. The van der Waals surface area contributed by atoms with Gasteiger partial charge in [0.15, 0.2) is 5.69 Å². The average molecular weight is 318 g/mol. The number of allylic oxidation sites excluding steroid dienone is 4. The van der Waals surface area contributed by atoms with E-state index in [0.29, 0.717) is 12.0 Å². The van der Waals surface area contributed by atoms with Gasteiger partial charge in [-0.05, 0) is 23.6 Å². The molecule has 1 aliphatic rings. The largest absolute Gasteiger partial charge is 0.435 e. The van der Waals surface area contributed by atoms with E-state index in [1.54, 1.807) is 36.4 Å². The number of carbonyl (C=O) groups is 1. The van der Waals surface area contributed by atoms with E-state index >= 15 is 0 Å². The number of hydrogen-bond acceptors (Lipinski definition) is 2. The highest BCUT2D eigenvalue weighted by molar-refractivity contribution is 5.85. The summed E-state index contributed by atoms with van der Waals surface area (Å²) in [5.41, 5.74) is 0.519. The second-order valence-corrected chi connectivity index (χ2v) is 5.20. The Balaban J connectivity index is 1.96. The molecule has 1 aromatic carbocycles. The zero-order valence-corrected chi connectivity index (χ0v) is 12.0. The van der Waals surface area contributed by atoms with Gasteiger partial charge < -0.3 is 0 Å². The lowest BCUT2D eigenvalue weighted by Crippen LogP contribution is -2.18. The standard InChI is InChI=1S/C17H13F3N2O/c18-17(19,20)15-11-14(13-8-4-5-9-13)22(21-15)16(23)10-12-6-2-1-3-7-12/h1-8,11H,9-10H2. The minimum absolute atomic E-state index is 0.00642. The number of rotatable bonds is 3. The predicted octanol–water partition coefficient (Wildman–Crippen LogP) is 4.13. The van der Waals surface area contributed by atoms with Crippen LogP contribution in [-0.2, 0) is 12.6 Å². The fourth-order valence-corrected chi connectivity index (χ4v) is 2.42. The molecule has 0 radical (unpaired) electrons. The molecule has 23 heavy (non-hydrogen) atoms. The van der Waals surface area contributed by atoms with Crippen LogP contribution >= 0.6 is 0 Å². The normalized spacial score (nSPS) is 14.1. The third-order valence-electron chi connectivity index (χ3n) is 3.53. The monoisotopic (exact) mass is 318 g/mol. The molecule has 1 aromatic heterocycles. The Morgan fingerprint density at radius 3 is 2.57 bits per heavy atom. The zero-order chi connectivity index (χ0) is 16.4. The summed E-state index contributed by atoms with van der Waals surface area (Å²) in [6.07, 6.45) is 1.17. The molecule has 0 spiro atoms. The highest BCUT2D eigenvalue weighted by atomic mass is 19.4. The van der Waals surface area contributed by atoms with Crippen molar-refractivity contribution in [2.75, 3.05) is 0 Å². The topological polar surface area (TPSA) is 34.9 Å². The van der Waals surface area contributed by atoms with Crippen molar-refractivity contribution >= 4 is 11.5 Å². The van der Waals surface area contributed by atoms with Crippen LogP contribution in [0.3, 0.4) is 0 Å². The first-order valence-corrected chi connectivity index (χ1v) is 7.05. The Labute approximate surface area is 130 Å². The summed E-state index contributed by atoms with van der Waals surface area (Å²) in [6.45, 7) is 0. The van der Waals surface area contributed by atoms with Crippen LogP contribution in [-0.4, -0.2) is 15.7 Å². The van der Waals surface area contributed by atoms with E-state index in [1.165, 1.54) is 0 Å². The number of alkyl halides is 3. The van der Waals surface area contributed by atoms with Crippen molar-refractivity contribution in [3.8, 4) is 0 Å². The number of benzene rings is 1. The van der Waals surface area contributed by atoms with E-state index in [4.69, 9.17) is 0 Å². The maximum atomic E-state index is 12.9. The molecule has 0 fully saturated rings. The van der Waals surface area contributed by atoms with E-state index in [1.807, 2.05) is 12.1 Å². The van der Waals surface area contributed by atoms with Crippen LogP contribution in [0.25, 0.3) is 5.57 Å². The minimum Gasteiger partial charge on any atom is -0.272 e. The van der Waals surface area contributed by atoms with Gasteiger partial charge in [-0.15, -0.1) is 0 Å². The lowest BCUT2D eigenvalue weighted by molar-refractivity contribution is -0.141. The van der Waals surface area contributed by atoms with Gasteiger partial charge in [0.2, 0.25) is 0 Å². The van der Waals surface area contributed by atoms with E-state index in [9.17, 15) is 18.0 Å². The van der Waals surface area contributed by atoms with Gasteiger partial charge in [-0.2, -0.15) is 23.0 Å². The van der Waals surface area contributed by atoms with Crippen LogP contribution in [0.1, 0.15) is 28.2 Å². The molecule has 3 nitrogen and oxygen atoms in total. The van der Waals surface area contributed by atoms with Crippen molar-refractivity contribution in [3.63, 3.8) is 0 Å². The molecule has 118 valence electrons. The van der Waals surface area contributed by atoms with Gasteiger partial charge in [-0.1, -0.05) is 48.6 Å². The van der Waals surface area contributed by atoms with Crippen LogP contribution in [0.5, 0.6) is 0 Å². The molecular formula is C17H13F3N2O. The van der Waals surface area contributed by atoms with Crippen molar-refractivity contribution < 1.29 is 18.0 Å². The molecule has 0 saturated carbocycles. The van der Waals surface area contributed by atoms with Crippen LogP contribution in [0.4, 0.5) is 13.2 Å². The Kier molecular flexibility index (Phi) is 3.90. The number of hydrogen-bond donors (Lipinski definition) is 0. The van der Waals surface area contributed by atoms with E-state index in [2.05, 4.69) is 5.10 Å². The summed E-state index contributed by atoms with van der Waals surface area (Å²) < 4.78 is 39.7. The lowest BCUT2D eigenvalue weighted by atomic mass is 10.1. The summed E-state index contributed by atoms with van der Waals surface area (Å²) >= 11 is 0. The third-order valence-corrected chi connectivity index (χ3v) is 3.53. The van der Waals surface area contributed by atoms with Crippen molar-refractivity contribution in [1.82, 2.24) is 9.78 Å². The van der Waals surface area contributed by atoms with Gasteiger partial charge >= 0.3 is 6.18 Å². The summed E-state index contributed by atoms with van der Waals surface area (Å²) in [5, 5.41) is 3.50. The first-order valence-electron chi connectivity index (χ1n) is 7.05. The molecule has 0 N–H and O–H groups in total. The molecular weight excluding hydrogens is 305 g/mol. The van der Waals surface area contributed by atoms with Gasteiger partial charge in [-0.25, -0.2) is 0 Å². The highest BCUT2D eigenvalue weighted by Crippen LogP contribution is 2.32. The zero-order valence-electron chi connectivity index (χ0n) is 12.0. The van der Waals surface area contributed by atoms with Gasteiger partial charge in [0.05, 0.1) is 12.1 Å². The SMILES string of the molecule is O=C(Cc1ccccc1)n1nc(C(F)(F)F)cc1C1=CC=CC1. The van der Waals surface area contributed by atoms with Crippen molar-refractivity contribution in [2.45, 2.75) is 19.0 Å². The number of nitrogens with zero attached hydrogens (tertiary/aromatic N) is 2. The van der Waals surface area contributed by atoms with Crippen molar-refractivity contribution in [1.29, 1.82) is 0 Å². The van der Waals surface area contributed by atoms with Crippen LogP contribution in [0.2, 0.25) is 0 Å². The maximum absolute atomic E-state index is 12.9. The molecule has 0 atom stereocenters. The van der Waals surface area contributed by atoms with E-state index in [-0.39, 0.29) is 12.1 Å². The highest BCUT2D eigenvalue weighted by Gasteiger charge is 2.36. The maximum Gasteiger partial charge on any atom is 0.435 e. The molecule has 3 rings (SSSR count). The molecule has 0 saturated heterocycles. The Bertz CT molecular complexity index is 786. The number of carbonyl (C=O) groups excluding carboxylic acids is 1. The van der Waals surface area contributed by atoms with Crippen molar-refractivity contribution in [2.24, 2.45) is 0 Å². The molecule has 1 aliphatic carbocycles. The summed E-state index contributed by atoms with van der Waals surface area (Å²) in [6, 6.07) is 9.80. The van der Waals surface area contributed by atoms with Crippen LogP contribution in [0, 0.1) is 0 Å². The predicted molar refractivity (Wildman–Crippen MR) is 79.7 cm³/mol. The molecule has 0 bridgehead atoms. The van der Waals surface area contributed by atoms with Crippen LogP contribution < -0.4 is 0 Å². The summed E-state index contributed by atoms with van der Waals surface area (Å²) in [4.78, 5) is 12.4. The minimum atomic E-state index is -4.58. The second kappa shape index (κ2) is 5.87. The van der Waals surface area contributed by atoms with Crippen LogP contribution in [0.15, 0.2) is 54.6 Å². The third kappa shape index (κ3) is 3.26. The molecule has 0 unspecified atom stereocenters. The Morgan fingerprint density at radius 1 is 1.22 bits per heavy atom. The quantitative estimate of drug-likeness (QED) is 0.853. The first-order chi connectivity index (χ1) is 10.9. The number of aromatic nitrogens is 2.